The fourth-order valence-electron chi connectivity index (χ4n) is 1.32. The molecule has 2 nitrogen and oxygen atoms in total. The van der Waals surface area contributed by atoms with Gasteiger partial charge in [0.15, 0.2) is 0 Å². The Balaban J connectivity index is 1.96. The molecule has 84 valence electrons. The van der Waals surface area contributed by atoms with Crippen molar-refractivity contribution in [2.75, 3.05) is 0 Å². The molecule has 16 heavy (non-hydrogen) atoms. The van der Waals surface area contributed by atoms with Crippen LogP contribution in [0.5, 0.6) is 5.75 Å². The van der Waals surface area contributed by atoms with Crippen LogP contribution in [0.2, 0.25) is 5.02 Å². The normalized spacial score (nSPS) is 10.4. The quantitative estimate of drug-likeness (QED) is 0.906. The molecular weight excluding hydrogens is 242 g/mol. The Morgan fingerprint density at radius 2 is 2.00 bits per heavy atom. The van der Waals surface area contributed by atoms with Gasteiger partial charge in [0.2, 0.25) is 0 Å². The molecule has 2 rings (SSSR count). The summed E-state index contributed by atoms with van der Waals surface area (Å²) in [5, 5.41) is 0.686. The third-order valence-corrected chi connectivity index (χ3v) is 3.41. The van der Waals surface area contributed by atoms with Crippen LogP contribution >= 0.6 is 22.9 Å². The number of ether oxygens (including phenoxy) is 1. The van der Waals surface area contributed by atoms with Crippen LogP contribution < -0.4 is 10.5 Å². The van der Waals surface area contributed by atoms with Crippen LogP contribution in [-0.2, 0) is 13.2 Å². The lowest BCUT2D eigenvalue weighted by Gasteiger charge is -2.04. The second-order valence-electron chi connectivity index (χ2n) is 3.32. The number of nitrogens with two attached hydrogens (primary N) is 1. The smallest absolute Gasteiger partial charge is 0.122 e. The summed E-state index contributed by atoms with van der Waals surface area (Å²) in [7, 11) is 0. The SMILES string of the molecule is NCc1ccc(COc2cccc(Cl)c2)s1. The lowest BCUT2D eigenvalue weighted by atomic mass is 10.3. The highest BCUT2D eigenvalue weighted by molar-refractivity contribution is 7.11. The van der Waals surface area contributed by atoms with Crippen LogP contribution in [0.4, 0.5) is 0 Å². The van der Waals surface area contributed by atoms with Gasteiger partial charge in [-0.1, -0.05) is 17.7 Å². The van der Waals surface area contributed by atoms with Crippen molar-refractivity contribution in [2.45, 2.75) is 13.2 Å². The third kappa shape index (κ3) is 2.98. The van der Waals surface area contributed by atoms with E-state index >= 15 is 0 Å². The molecule has 0 aliphatic carbocycles. The molecule has 2 aromatic rings. The van der Waals surface area contributed by atoms with E-state index in [4.69, 9.17) is 22.1 Å². The van der Waals surface area contributed by atoms with Crippen LogP contribution in [0.15, 0.2) is 36.4 Å². The molecule has 1 aromatic heterocycles. The summed E-state index contributed by atoms with van der Waals surface area (Å²) in [5.41, 5.74) is 5.54. The lowest BCUT2D eigenvalue weighted by molar-refractivity contribution is 0.310. The summed E-state index contributed by atoms with van der Waals surface area (Å²) < 4.78 is 5.62. The van der Waals surface area contributed by atoms with E-state index in [2.05, 4.69) is 0 Å². The minimum atomic E-state index is 0.561. The van der Waals surface area contributed by atoms with E-state index in [0.717, 1.165) is 5.75 Å². The van der Waals surface area contributed by atoms with E-state index < -0.39 is 0 Å². The second-order valence-corrected chi connectivity index (χ2v) is 5.01. The summed E-state index contributed by atoms with van der Waals surface area (Å²) in [5.74, 6) is 0.787. The first-order valence-corrected chi connectivity index (χ1v) is 6.13. The van der Waals surface area contributed by atoms with E-state index in [1.807, 2.05) is 30.3 Å². The van der Waals surface area contributed by atoms with Crippen molar-refractivity contribution in [1.82, 2.24) is 0 Å². The Kier molecular flexibility index (Phi) is 3.83. The highest BCUT2D eigenvalue weighted by Gasteiger charge is 2.00. The van der Waals surface area contributed by atoms with Gasteiger partial charge in [-0.15, -0.1) is 11.3 Å². The highest BCUT2D eigenvalue weighted by Crippen LogP contribution is 2.21. The fourth-order valence-corrected chi connectivity index (χ4v) is 2.31. The van der Waals surface area contributed by atoms with Gasteiger partial charge < -0.3 is 10.5 Å². The number of rotatable bonds is 4. The molecule has 0 spiro atoms. The Morgan fingerprint density at radius 3 is 2.69 bits per heavy atom. The molecule has 0 saturated carbocycles. The Morgan fingerprint density at radius 1 is 1.19 bits per heavy atom. The van der Waals surface area contributed by atoms with Gasteiger partial charge in [0.05, 0.1) is 0 Å². The van der Waals surface area contributed by atoms with Gasteiger partial charge in [0.1, 0.15) is 12.4 Å². The zero-order chi connectivity index (χ0) is 11.4. The van der Waals surface area contributed by atoms with Gasteiger partial charge in [0.25, 0.3) is 0 Å². The van der Waals surface area contributed by atoms with Crippen molar-refractivity contribution >= 4 is 22.9 Å². The van der Waals surface area contributed by atoms with E-state index in [-0.39, 0.29) is 0 Å². The van der Waals surface area contributed by atoms with Crippen molar-refractivity contribution in [1.29, 1.82) is 0 Å². The van der Waals surface area contributed by atoms with Crippen molar-refractivity contribution in [2.24, 2.45) is 5.73 Å². The van der Waals surface area contributed by atoms with E-state index in [0.29, 0.717) is 18.2 Å². The number of hydrogen-bond acceptors (Lipinski definition) is 3. The molecule has 2 N–H and O–H groups in total. The van der Waals surface area contributed by atoms with Gasteiger partial charge in [0, 0.05) is 21.3 Å². The zero-order valence-electron chi connectivity index (χ0n) is 8.65. The molecule has 0 amide bonds. The summed E-state index contributed by atoms with van der Waals surface area (Å²) >= 11 is 7.53. The van der Waals surface area contributed by atoms with Gasteiger partial charge in [-0.25, -0.2) is 0 Å². The van der Waals surface area contributed by atoms with Crippen molar-refractivity contribution in [3.63, 3.8) is 0 Å². The van der Waals surface area contributed by atoms with Crippen molar-refractivity contribution in [3.05, 3.63) is 51.2 Å². The number of hydrogen-bond donors (Lipinski definition) is 1. The largest absolute Gasteiger partial charge is 0.488 e. The summed E-state index contributed by atoms with van der Waals surface area (Å²) in [6.45, 7) is 1.15. The van der Waals surface area contributed by atoms with Crippen LogP contribution in [-0.4, -0.2) is 0 Å². The third-order valence-electron chi connectivity index (χ3n) is 2.10. The van der Waals surface area contributed by atoms with Gasteiger partial charge in [-0.3, -0.25) is 0 Å². The van der Waals surface area contributed by atoms with Crippen LogP contribution in [0.1, 0.15) is 9.75 Å². The number of halogens is 1. The Bertz CT molecular complexity index is 470. The predicted octanol–water partition coefficient (Wildman–Crippen LogP) is 3.44. The molecule has 0 aliphatic heterocycles. The molecule has 0 bridgehead atoms. The molecule has 1 heterocycles. The number of benzene rings is 1. The molecule has 0 saturated heterocycles. The summed E-state index contributed by atoms with van der Waals surface area (Å²) in [6.07, 6.45) is 0. The molecule has 0 atom stereocenters. The molecular formula is C12H12ClNOS. The number of thiophene rings is 1. The van der Waals surface area contributed by atoms with Gasteiger partial charge in [-0.05, 0) is 30.3 Å². The maximum Gasteiger partial charge on any atom is 0.122 e. The van der Waals surface area contributed by atoms with Crippen LogP contribution in [0.3, 0.4) is 0 Å². The molecule has 0 unspecified atom stereocenters. The fraction of sp³-hybridized carbons (Fsp3) is 0.167. The molecule has 0 aliphatic rings. The minimum Gasteiger partial charge on any atom is -0.488 e. The maximum atomic E-state index is 5.86. The average Bonchev–Trinajstić information content (AvgIpc) is 2.74. The lowest BCUT2D eigenvalue weighted by Crippen LogP contribution is -1.93. The monoisotopic (exact) mass is 253 g/mol. The van der Waals surface area contributed by atoms with Gasteiger partial charge >= 0.3 is 0 Å². The molecule has 1 aromatic carbocycles. The topological polar surface area (TPSA) is 35.2 Å². The maximum absolute atomic E-state index is 5.86. The van der Waals surface area contributed by atoms with E-state index in [1.54, 1.807) is 17.4 Å². The molecule has 0 fully saturated rings. The first kappa shape index (κ1) is 11.5. The molecule has 0 radical (unpaired) electrons. The van der Waals surface area contributed by atoms with Crippen molar-refractivity contribution < 1.29 is 4.74 Å². The predicted molar refractivity (Wildman–Crippen MR) is 68.0 cm³/mol. The van der Waals surface area contributed by atoms with Crippen LogP contribution in [0, 0.1) is 0 Å². The zero-order valence-corrected chi connectivity index (χ0v) is 10.2. The van der Waals surface area contributed by atoms with E-state index in [1.165, 1.54) is 9.75 Å². The Hall–Kier alpha value is -1.03. The first-order valence-electron chi connectivity index (χ1n) is 4.94. The highest BCUT2D eigenvalue weighted by atomic mass is 35.5. The molecule has 4 heteroatoms. The van der Waals surface area contributed by atoms with Crippen molar-refractivity contribution in [3.8, 4) is 5.75 Å². The second kappa shape index (κ2) is 5.34. The standard InChI is InChI=1S/C12H12ClNOS/c13-9-2-1-3-10(6-9)15-8-12-5-4-11(7-14)16-12/h1-6H,7-8,14H2. The summed E-state index contributed by atoms with van der Waals surface area (Å²) in [4.78, 5) is 2.34. The van der Waals surface area contributed by atoms with E-state index in [9.17, 15) is 0 Å². The van der Waals surface area contributed by atoms with Crippen LogP contribution in [0.25, 0.3) is 0 Å². The first-order chi connectivity index (χ1) is 7.78. The average molecular weight is 254 g/mol. The Labute approximate surface area is 104 Å². The summed E-state index contributed by atoms with van der Waals surface area (Å²) in [6, 6.07) is 11.5. The van der Waals surface area contributed by atoms with Gasteiger partial charge in [-0.2, -0.15) is 0 Å². The minimum absolute atomic E-state index is 0.561.